The molecule has 0 spiro atoms. The van der Waals surface area contributed by atoms with Crippen molar-refractivity contribution in [1.82, 2.24) is 19.5 Å². The van der Waals surface area contributed by atoms with Crippen LogP contribution in [0.1, 0.15) is 22.3 Å². The van der Waals surface area contributed by atoms with E-state index in [4.69, 9.17) is 0 Å². The topological polar surface area (TPSA) is 101 Å². The molecular weight excluding hydrogens is 368 g/mol. The summed E-state index contributed by atoms with van der Waals surface area (Å²) in [4.78, 5) is 34.8. The van der Waals surface area contributed by atoms with E-state index in [0.29, 0.717) is 11.9 Å². The molecule has 1 unspecified atom stereocenters. The fourth-order valence-electron chi connectivity index (χ4n) is 3.51. The fourth-order valence-corrected chi connectivity index (χ4v) is 3.51. The number of fused-ring (bicyclic) bond motifs is 2. The molecule has 2 heterocycles. The van der Waals surface area contributed by atoms with Crippen molar-refractivity contribution < 1.29 is 5.11 Å². The first kappa shape index (κ1) is 19.0. The molecule has 0 bridgehead atoms. The van der Waals surface area contributed by atoms with Crippen molar-refractivity contribution in [3.8, 4) is 11.5 Å². The van der Waals surface area contributed by atoms with Crippen LogP contribution in [0.2, 0.25) is 0 Å². The molecule has 2 aliphatic heterocycles. The van der Waals surface area contributed by atoms with Gasteiger partial charge in [0, 0.05) is 6.42 Å². The third kappa shape index (κ3) is 3.69. The van der Waals surface area contributed by atoms with Crippen LogP contribution < -0.4 is 11.2 Å². The van der Waals surface area contributed by atoms with Gasteiger partial charge in [-0.2, -0.15) is 4.98 Å². The highest BCUT2D eigenvalue weighted by molar-refractivity contribution is 5.81. The molecule has 1 atom stereocenters. The molecule has 0 fully saturated rings. The Balaban J connectivity index is 1.85. The number of aromatic amines is 1. The third-order valence-corrected chi connectivity index (χ3v) is 5.21. The predicted molar refractivity (Wildman–Crippen MR) is 111 cm³/mol. The summed E-state index contributed by atoms with van der Waals surface area (Å²) in [6, 6.07) is 11.8. The van der Waals surface area contributed by atoms with Crippen molar-refractivity contribution in [3.05, 3.63) is 79.5 Å². The summed E-state index contributed by atoms with van der Waals surface area (Å²) < 4.78 is 1.72. The lowest BCUT2D eigenvalue weighted by Crippen LogP contribution is -2.30. The standard InChI is InChI=1S/C22H22N4O3/c1-12-4-6-15(7-5-12)10-16(27)11-26-18-9-14(3)13(2)8-17(18)23-19-20(26)24-22(29)25-21(19)28/h4-9,16,27H,10-11H2,1-3H3,(H,25,28,29). The van der Waals surface area contributed by atoms with E-state index in [1.165, 1.54) is 0 Å². The molecule has 148 valence electrons. The van der Waals surface area contributed by atoms with Crippen molar-refractivity contribution in [2.75, 3.05) is 0 Å². The second-order valence-electron chi connectivity index (χ2n) is 7.53. The lowest BCUT2D eigenvalue weighted by atomic mass is 10.1. The van der Waals surface area contributed by atoms with Crippen LogP contribution in [-0.2, 0) is 13.0 Å². The smallest absolute Gasteiger partial charge is 0.349 e. The van der Waals surface area contributed by atoms with Crippen molar-refractivity contribution in [2.45, 2.75) is 39.8 Å². The van der Waals surface area contributed by atoms with Gasteiger partial charge >= 0.3 is 5.69 Å². The highest BCUT2D eigenvalue weighted by atomic mass is 16.3. The molecule has 2 N–H and O–H groups in total. The SMILES string of the molecule is Cc1ccc(CC(O)Cn2c3nc(=O)[nH]c(=O)c-3nc3cc(C)c(C)cc32)cc1. The van der Waals surface area contributed by atoms with Crippen LogP contribution in [0, 0.1) is 20.8 Å². The number of nitrogens with zero attached hydrogens (tertiary/aromatic N) is 3. The first-order valence-electron chi connectivity index (χ1n) is 9.47. The maximum absolute atomic E-state index is 12.3. The van der Waals surface area contributed by atoms with E-state index in [2.05, 4.69) is 15.0 Å². The quantitative estimate of drug-likeness (QED) is 0.520. The minimum Gasteiger partial charge on any atom is -0.391 e. The van der Waals surface area contributed by atoms with Gasteiger partial charge in [0.2, 0.25) is 0 Å². The van der Waals surface area contributed by atoms with Gasteiger partial charge in [-0.15, -0.1) is 0 Å². The summed E-state index contributed by atoms with van der Waals surface area (Å²) in [5.74, 6) is 0.178. The summed E-state index contributed by atoms with van der Waals surface area (Å²) in [6.07, 6.45) is -0.286. The number of hydrogen-bond acceptors (Lipinski definition) is 5. The number of hydrogen-bond donors (Lipinski definition) is 2. The Hall–Kier alpha value is -3.32. The second-order valence-corrected chi connectivity index (χ2v) is 7.53. The molecule has 2 aromatic carbocycles. The molecule has 2 aromatic rings. The Morgan fingerprint density at radius 3 is 2.45 bits per heavy atom. The van der Waals surface area contributed by atoms with E-state index < -0.39 is 17.4 Å². The Kier molecular flexibility index (Phi) is 4.76. The van der Waals surface area contributed by atoms with Crippen molar-refractivity contribution >= 4 is 11.0 Å². The minimum atomic E-state index is -0.728. The zero-order valence-corrected chi connectivity index (χ0v) is 16.6. The summed E-state index contributed by atoms with van der Waals surface area (Å²) in [6.45, 7) is 6.15. The Labute approximate surface area is 167 Å². The monoisotopic (exact) mass is 390 g/mol. The maximum atomic E-state index is 12.3. The number of aromatic nitrogens is 4. The number of H-pyrrole nitrogens is 1. The molecule has 2 aliphatic rings. The van der Waals surface area contributed by atoms with E-state index in [0.717, 1.165) is 27.8 Å². The predicted octanol–water partition coefficient (Wildman–Crippen LogP) is 2.11. The number of nitrogens with one attached hydrogen (secondary N) is 1. The highest BCUT2D eigenvalue weighted by Crippen LogP contribution is 2.24. The molecule has 7 nitrogen and oxygen atoms in total. The average Bonchev–Trinajstić information content (AvgIpc) is 2.66. The number of rotatable bonds is 4. The number of aliphatic hydroxyl groups is 1. The molecule has 0 aromatic heterocycles. The molecular formula is C22H22N4O3. The molecule has 29 heavy (non-hydrogen) atoms. The Morgan fingerprint density at radius 1 is 1.03 bits per heavy atom. The minimum absolute atomic E-state index is 0.0860. The zero-order valence-electron chi connectivity index (χ0n) is 16.6. The van der Waals surface area contributed by atoms with E-state index in [9.17, 15) is 14.7 Å². The van der Waals surface area contributed by atoms with Gasteiger partial charge in [0.05, 0.1) is 23.7 Å². The summed E-state index contributed by atoms with van der Waals surface area (Å²) in [5, 5.41) is 10.8. The largest absolute Gasteiger partial charge is 0.391 e. The number of aryl methyl sites for hydroxylation is 3. The second kappa shape index (κ2) is 7.25. The van der Waals surface area contributed by atoms with E-state index >= 15 is 0 Å². The van der Waals surface area contributed by atoms with Gasteiger partial charge in [0.1, 0.15) is 0 Å². The maximum Gasteiger partial charge on any atom is 0.349 e. The fraction of sp³-hybridized carbons (Fsp3) is 0.273. The van der Waals surface area contributed by atoms with Gasteiger partial charge in [-0.25, -0.2) is 9.78 Å². The molecule has 0 saturated heterocycles. The van der Waals surface area contributed by atoms with E-state index in [-0.39, 0.29) is 18.1 Å². The Morgan fingerprint density at radius 2 is 1.72 bits per heavy atom. The zero-order chi connectivity index (χ0) is 20.7. The van der Waals surface area contributed by atoms with E-state index in [1.54, 1.807) is 4.57 Å². The van der Waals surface area contributed by atoms with Gasteiger partial charge < -0.3 is 9.67 Å². The van der Waals surface area contributed by atoms with Crippen molar-refractivity contribution in [3.63, 3.8) is 0 Å². The first-order valence-corrected chi connectivity index (χ1v) is 9.47. The lowest BCUT2D eigenvalue weighted by Gasteiger charge is -2.20. The van der Waals surface area contributed by atoms with Crippen LogP contribution in [0.4, 0.5) is 0 Å². The molecule has 0 radical (unpaired) electrons. The van der Waals surface area contributed by atoms with Crippen molar-refractivity contribution in [2.24, 2.45) is 0 Å². The van der Waals surface area contributed by atoms with Gasteiger partial charge in [0.15, 0.2) is 11.5 Å². The number of aliphatic hydroxyl groups excluding tert-OH is 1. The molecule has 0 aliphatic carbocycles. The normalized spacial score (nSPS) is 12.6. The molecule has 0 saturated carbocycles. The average molecular weight is 390 g/mol. The van der Waals surface area contributed by atoms with Crippen LogP contribution in [0.5, 0.6) is 0 Å². The van der Waals surface area contributed by atoms with Gasteiger partial charge in [0.25, 0.3) is 5.56 Å². The molecule has 4 rings (SSSR count). The first-order chi connectivity index (χ1) is 13.8. The third-order valence-electron chi connectivity index (χ3n) is 5.21. The van der Waals surface area contributed by atoms with Gasteiger partial charge in [-0.05, 0) is 49.6 Å². The van der Waals surface area contributed by atoms with Crippen LogP contribution in [0.25, 0.3) is 22.6 Å². The summed E-state index contributed by atoms with van der Waals surface area (Å²) >= 11 is 0. The lowest BCUT2D eigenvalue weighted by molar-refractivity contribution is 0.156. The Bertz CT molecular complexity index is 1290. The van der Waals surface area contributed by atoms with Gasteiger partial charge in [-0.3, -0.25) is 9.78 Å². The van der Waals surface area contributed by atoms with E-state index in [1.807, 2.05) is 57.2 Å². The van der Waals surface area contributed by atoms with Crippen LogP contribution in [0.15, 0.2) is 46.0 Å². The van der Waals surface area contributed by atoms with Crippen LogP contribution in [-0.4, -0.2) is 30.7 Å². The molecule has 0 amide bonds. The molecule has 7 heteroatoms. The van der Waals surface area contributed by atoms with Gasteiger partial charge in [-0.1, -0.05) is 29.8 Å². The summed E-state index contributed by atoms with van der Waals surface area (Å²) in [7, 11) is 0. The van der Waals surface area contributed by atoms with Crippen LogP contribution >= 0.6 is 0 Å². The number of benzene rings is 2. The highest BCUT2D eigenvalue weighted by Gasteiger charge is 2.21. The summed E-state index contributed by atoms with van der Waals surface area (Å²) in [5.41, 5.74) is 4.37. The van der Waals surface area contributed by atoms with Crippen molar-refractivity contribution in [1.29, 1.82) is 0 Å². The van der Waals surface area contributed by atoms with Crippen LogP contribution in [0.3, 0.4) is 0 Å².